The van der Waals surface area contributed by atoms with E-state index in [0.29, 0.717) is 0 Å². The van der Waals surface area contributed by atoms with Gasteiger partial charge in [0.25, 0.3) is 5.69 Å². The second-order valence-electron chi connectivity index (χ2n) is 9.38. The number of rotatable bonds is 9. The second-order valence-corrected chi connectivity index (χ2v) is 14.2. The largest absolute Gasteiger partial charge is 0.449 e. The van der Waals surface area contributed by atoms with Crippen molar-refractivity contribution in [2.75, 3.05) is 12.5 Å². The molecule has 0 amide bonds. The van der Waals surface area contributed by atoms with Gasteiger partial charge in [0.05, 0.1) is 15.7 Å². The Morgan fingerprint density at radius 1 is 0.829 bits per heavy atom. The fourth-order valence-corrected chi connectivity index (χ4v) is 4.25. The van der Waals surface area contributed by atoms with Gasteiger partial charge in [-0.15, -0.1) is 0 Å². The van der Waals surface area contributed by atoms with Crippen molar-refractivity contribution >= 4 is 31.3 Å². The van der Waals surface area contributed by atoms with Crippen LogP contribution in [0.25, 0.3) is 0 Å². The first kappa shape index (κ1) is 33.3. The van der Waals surface area contributed by atoms with Gasteiger partial charge in [0.1, 0.15) is 11.4 Å². The van der Waals surface area contributed by atoms with E-state index in [9.17, 15) is 36.9 Å². The van der Waals surface area contributed by atoms with Crippen LogP contribution in [0.15, 0.2) is 49.1 Å². The number of esters is 1. The lowest BCUT2D eigenvalue weighted by Crippen LogP contribution is -2.30. The fraction of sp³-hybridized carbons (Fsp3) is 0.400. The molecule has 2 aromatic heterocycles. The van der Waals surface area contributed by atoms with E-state index < -0.39 is 53.3 Å². The standard InChI is InChI=1S/C16H17N3O6S.C9H14N2O3S/c1-10-8-17-15(18-9-10)14(11(2)26(3,23)24)25-16(20)12-4-6-13(7-5-12)19(21)22;1-6-4-10-9(11-5-6)8(12)7(2)15(3,13)14/h4-9,11,14H,1-3H3;4-5,7-8,12H,1-3H3/t11-,14-;7-,8-/m00/s1. The molecule has 41 heavy (non-hydrogen) atoms. The molecule has 0 unspecified atom stereocenters. The first-order valence-electron chi connectivity index (χ1n) is 12.0. The molecule has 0 saturated carbocycles. The number of aryl methyl sites for hydroxylation is 2. The summed E-state index contributed by atoms with van der Waals surface area (Å²) in [6.07, 6.45) is 5.77. The maximum absolute atomic E-state index is 12.4. The second kappa shape index (κ2) is 13.6. The highest BCUT2D eigenvalue weighted by Crippen LogP contribution is 2.25. The third-order valence-electron chi connectivity index (χ3n) is 5.89. The average Bonchev–Trinajstić information content (AvgIpc) is 2.90. The monoisotopic (exact) mass is 609 g/mol. The molecule has 0 aliphatic carbocycles. The zero-order valence-electron chi connectivity index (χ0n) is 23.2. The molecule has 222 valence electrons. The minimum Gasteiger partial charge on any atom is -0.449 e. The van der Waals surface area contributed by atoms with Crippen molar-refractivity contribution in [3.8, 4) is 0 Å². The Morgan fingerprint density at radius 3 is 1.63 bits per heavy atom. The van der Waals surface area contributed by atoms with E-state index in [1.807, 2.05) is 6.92 Å². The molecule has 0 spiro atoms. The van der Waals surface area contributed by atoms with Gasteiger partial charge in [-0.1, -0.05) is 0 Å². The van der Waals surface area contributed by atoms with Crippen molar-refractivity contribution in [1.82, 2.24) is 19.9 Å². The van der Waals surface area contributed by atoms with Gasteiger partial charge in [0, 0.05) is 49.4 Å². The first-order valence-corrected chi connectivity index (χ1v) is 15.9. The number of hydrogen-bond acceptors (Lipinski definition) is 13. The number of aromatic nitrogens is 4. The van der Waals surface area contributed by atoms with Crippen LogP contribution in [0.3, 0.4) is 0 Å². The summed E-state index contributed by atoms with van der Waals surface area (Å²) < 4.78 is 51.6. The van der Waals surface area contributed by atoms with E-state index >= 15 is 0 Å². The highest BCUT2D eigenvalue weighted by Gasteiger charge is 2.33. The third-order valence-corrected chi connectivity index (χ3v) is 9.10. The van der Waals surface area contributed by atoms with Gasteiger partial charge >= 0.3 is 5.97 Å². The fourth-order valence-electron chi connectivity index (χ4n) is 3.03. The topological polar surface area (TPSA) is 210 Å². The molecule has 3 rings (SSSR count). The summed E-state index contributed by atoms with van der Waals surface area (Å²) in [5.74, 6) is -0.633. The summed E-state index contributed by atoms with van der Waals surface area (Å²) in [5.41, 5.74) is 1.50. The van der Waals surface area contributed by atoms with Gasteiger partial charge in [-0.05, 0) is 51.0 Å². The lowest BCUT2D eigenvalue weighted by molar-refractivity contribution is -0.384. The summed E-state index contributed by atoms with van der Waals surface area (Å²) in [6, 6.07) is 4.79. The Kier molecular flexibility index (Phi) is 11.1. The minimum atomic E-state index is -3.55. The number of aliphatic hydroxyl groups excluding tert-OH is 1. The SMILES string of the molecule is Cc1cnc([C@@H](O)[C@H](C)S(C)(=O)=O)nc1.Cc1cnc([C@@H](OC(=O)c2ccc([N+](=O)[O-])cc2)[C@H](C)S(C)(=O)=O)nc1. The molecule has 0 aliphatic rings. The van der Waals surface area contributed by atoms with E-state index in [0.717, 1.165) is 35.8 Å². The molecule has 0 aliphatic heterocycles. The van der Waals surface area contributed by atoms with E-state index in [1.165, 1.54) is 38.4 Å². The number of nitrogens with zero attached hydrogens (tertiary/aromatic N) is 5. The zero-order chi connectivity index (χ0) is 31.1. The minimum absolute atomic E-state index is 0.0495. The lowest BCUT2D eigenvalue weighted by Gasteiger charge is -2.21. The number of carbonyl (C=O) groups is 1. The molecule has 2 heterocycles. The molecule has 0 bridgehead atoms. The summed E-state index contributed by atoms with van der Waals surface area (Å²) in [6.45, 7) is 6.41. The number of hydrogen-bond donors (Lipinski definition) is 1. The van der Waals surface area contributed by atoms with Crippen LogP contribution in [0.5, 0.6) is 0 Å². The van der Waals surface area contributed by atoms with Crippen LogP contribution in [-0.2, 0) is 24.4 Å². The van der Waals surface area contributed by atoms with Crippen molar-refractivity contribution in [3.05, 3.63) is 87.5 Å². The number of benzene rings is 1. The Labute approximate surface area is 237 Å². The van der Waals surface area contributed by atoms with Crippen LogP contribution >= 0.6 is 0 Å². The zero-order valence-corrected chi connectivity index (χ0v) is 24.8. The quantitative estimate of drug-likeness (QED) is 0.210. The van der Waals surface area contributed by atoms with Crippen molar-refractivity contribution in [2.24, 2.45) is 0 Å². The predicted molar refractivity (Wildman–Crippen MR) is 148 cm³/mol. The summed E-state index contributed by atoms with van der Waals surface area (Å²) in [4.78, 5) is 38.3. The molecular weight excluding hydrogens is 578 g/mol. The van der Waals surface area contributed by atoms with Crippen molar-refractivity contribution in [2.45, 2.75) is 50.4 Å². The van der Waals surface area contributed by atoms with Gasteiger partial charge in [0.15, 0.2) is 37.4 Å². The Balaban J connectivity index is 0.000000333. The van der Waals surface area contributed by atoms with Crippen LogP contribution in [0.2, 0.25) is 0 Å². The third kappa shape index (κ3) is 9.61. The lowest BCUT2D eigenvalue weighted by atomic mass is 10.2. The van der Waals surface area contributed by atoms with Gasteiger partial charge in [-0.2, -0.15) is 0 Å². The predicted octanol–water partition coefficient (Wildman–Crippen LogP) is 2.28. The van der Waals surface area contributed by atoms with Gasteiger partial charge in [-0.3, -0.25) is 10.1 Å². The van der Waals surface area contributed by atoms with Crippen LogP contribution in [0, 0.1) is 24.0 Å². The number of sulfone groups is 2. The Morgan fingerprint density at radius 2 is 1.24 bits per heavy atom. The van der Waals surface area contributed by atoms with E-state index in [1.54, 1.807) is 19.3 Å². The van der Waals surface area contributed by atoms with Gasteiger partial charge in [-0.25, -0.2) is 41.6 Å². The Bertz CT molecular complexity index is 1560. The molecular formula is C25H31N5O9S2. The summed E-state index contributed by atoms with van der Waals surface area (Å²) in [7, 11) is -6.84. The van der Waals surface area contributed by atoms with Crippen molar-refractivity contribution in [3.63, 3.8) is 0 Å². The van der Waals surface area contributed by atoms with Crippen LogP contribution in [0.1, 0.15) is 59.2 Å². The van der Waals surface area contributed by atoms with E-state index in [2.05, 4.69) is 19.9 Å². The number of nitro benzene ring substituents is 1. The normalized spacial score (nSPS) is 14.5. The number of carbonyl (C=O) groups excluding carboxylic acids is 1. The van der Waals surface area contributed by atoms with Crippen LogP contribution in [-0.4, -0.2) is 75.8 Å². The van der Waals surface area contributed by atoms with Crippen LogP contribution < -0.4 is 0 Å². The Hall–Kier alpha value is -3.89. The molecule has 0 radical (unpaired) electrons. The molecule has 16 heteroatoms. The van der Waals surface area contributed by atoms with Crippen molar-refractivity contribution < 1.29 is 36.4 Å². The summed E-state index contributed by atoms with van der Waals surface area (Å²) in [5, 5.41) is 18.4. The smallest absolute Gasteiger partial charge is 0.338 e. The highest BCUT2D eigenvalue weighted by atomic mass is 32.2. The molecule has 0 fully saturated rings. The van der Waals surface area contributed by atoms with E-state index in [-0.39, 0.29) is 22.9 Å². The number of nitro groups is 1. The molecule has 1 aromatic carbocycles. The maximum Gasteiger partial charge on any atom is 0.338 e. The number of non-ortho nitro benzene ring substituents is 1. The highest BCUT2D eigenvalue weighted by molar-refractivity contribution is 7.91. The number of aliphatic hydroxyl groups is 1. The molecule has 14 nitrogen and oxygen atoms in total. The van der Waals surface area contributed by atoms with Gasteiger partial charge < -0.3 is 9.84 Å². The first-order chi connectivity index (χ1) is 18.9. The van der Waals surface area contributed by atoms with E-state index in [4.69, 9.17) is 4.74 Å². The number of ether oxygens (including phenoxy) is 1. The molecule has 0 saturated heterocycles. The molecule has 4 atom stereocenters. The summed E-state index contributed by atoms with van der Waals surface area (Å²) >= 11 is 0. The molecule has 3 aromatic rings. The molecule has 1 N–H and O–H groups in total. The van der Waals surface area contributed by atoms with Crippen LogP contribution in [0.4, 0.5) is 5.69 Å². The van der Waals surface area contributed by atoms with Crippen molar-refractivity contribution in [1.29, 1.82) is 0 Å². The van der Waals surface area contributed by atoms with Gasteiger partial charge in [0.2, 0.25) is 0 Å². The average molecular weight is 610 g/mol. The maximum atomic E-state index is 12.4.